The number of nitrogens with zero attached hydrogens (tertiary/aromatic N) is 1. The van der Waals surface area contributed by atoms with Gasteiger partial charge in [-0.05, 0) is 47.2 Å². The molecule has 0 spiro atoms. The number of carbonyl (C=O) groups excluding carboxylic acids is 1. The van der Waals surface area contributed by atoms with E-state index < -0.39 is 0 Å². The molecule has 2 rings (SSSR count). The standard InChI is InChI=1S/C11H11BrINO2/c1-7-9(13)4-8(12)5-10(7)14-2-3-16-6-11(14)15/h4-5H,2-3,6H2,1H3. The number of halogens is 2. The molecule has 5 heteroatoms. The molecule has 1 aromatic rings. The Bertz CT molecular complexity index is 436. The van der Waals surface area contributed by atoms with E-state index in [1.807, 2.05) is 19.1 Å². The maximum Gasteiger partial charge on any atom is 0.253 e. The Morgan fingerprint density at radius 3 is 2.94 bits per heavy atom. The largest absolute Gasteiger partial charge is 0.370 e. The molecule has 1 amide bonds. The second-order valence-corrected chi connectivity index (χ2v) is 5.71. The van der Waals surface area contributed by atoms with E-state index >= 15 is 0 Å². The maximum atomic E-state index is 11.8. The van der Waals surface area contributed by atoms with Crippen LogP contribution in [0.15, 0.2) is 16.6 Å². The lowest BCUT2D eigenvalue weighted by molar-refractivity contribution is -0.125. The Morgan fingerprint density at radius 2 is 2.25 bits per heavy atom. The number of benzene rings is 1. The van der Waals surface area contributed by atoms with Crippen molar-refractivity contribution >= 4 is 50.1 Å². The summed E-state index contributed by atoms with van der Waals surface area (Å²) in [4.78, 5) is 13.6. The fourth-order valence-corrected chi connectivity index (χ4v) is 3.17. The van der Waals surface area contributed by atoms with Crippen LogP contribution in [-0.2, 0) is 9.53 Å². The van der Waals surface area contributed by atoms with Crippen LogP contribution < -0.4 is 4.90 Å². The first-order valence-corrected chi connectivity index (χ1v) is 6.80. The molecule has 3 nitrogen and oxygen atoms in total. The summed E-state index contributed by atoms with van der Waals surface area (Å²) in [5.41, 5.74) is 2.12. The molecular formula is C11H11BrINO2. The normalized spacial score (nSPS) is 16.7. The summed E-state index contributed by atoms with van der Waals surface area (Å²) in [5, 5.41) is 0. The summed E-state index contributed by atoms with van der Waals surface area (Å²) in [6.07, 6.45) is 0. The van der Waals surface area contributed by atoms with E-state index in [0.717, 1.165) is 19.3 Å². The van der Waals surface area contributed by atoms with Gasteiger partial charge < -0.3 is 9.64 Å². The zero-order valence-electron chi connectivity index (χ0n) is 8.80. The van der Waals surface area contributed by atoms with Gasteiger partial charge in [0.2, 0.25) is 0 Å². The van der Waals surface area contributed by atoms with Crippen molar-refractivity contribution in [2.24, 2.45) is 0 Å². The molecule has 0 atom stereocenters. The first-order valence-electron chi connectivity index (χ1n) is 4.93. The van der Waals surface area contributed by atoms with E-state index in [2.05, 4.69) is 38.5 Å². The van der Waals surface area contributed by atoms with Gasteiger partial charge in [0.15, 0.2) is 0 Å². The number of amides is 1. The van der Waals surface area contributed by atoms with Gasteiger partial charge in [-0.15, -0.1) is 0 Å². The summed E-state index contributed by atoms with van der Waals surface area (Å²) < 4.78 is 7.28. The van der Waals surface area contributed by atoms with Crippen LogP contribution in [0.5, 0.6) is 0 Å². The molecule has 1 heterocycles. The second-order valence-electron chi connectivity index (χ2n) is 3.63. The molecule has 1 fully saturated rings. The van der Waals surface area contributed by atoms with Crippen molar-refractivity contribution in [3.8, 4) is 0 Å². The van der Waals surface area contributed by atoms with E-state index in [-0.39, 0.29) is 12.5 Å². The molecule has 0 aromatic heterocycles. The van der Waals surface area contributed by atoms with Crippen molar-refractivity contribution in [2.45, 2.75) is 6.92 Å². The molecule has 0 unspecified atom stereocenters. The van der Waals surface area contributed by atoms with Crippen molar-refractivity contribution in [1.29, 1.82) is 0 Å². The third-order valence-corrected chi connectivity index (χ3v) is 4.14. The Balaban J connectivity index is 2.42. The number of rotatable bonds is 1. The monoisotopic (exact) mass is 395 g/mol. The Hall–Kier alpha value is -0.140. The molecule has 0 radical (unpaired) electrons. The fraction of sp³-hybridized carbons (Fsp3) is 0.364. The summed E-state index contributed by atoms with van der Waals surface area (Å²) >= 11 is 5.74. The summed E-state index contributed by atoms with van der Waals surface area (Å²) in [7, 11) is 0. The Labute approximate surface area is 116 Å². The van der Waals surface area contributed by atoms with Crippen molar-refractivity contribution in [2.75, 3.05) is 24.7 Å². The van der Waals surface area contributed by atoms with E-state index in [1.54, 1.807) is 4.90 Å². The predicted molar refractivity (Wildman–Crippen MR) is 74.8 cm³/mol. The lowest BCUT2D eigenvalue weighted by Crippen LogP contribution is -2.42. The van der Waals surface area contributed by atoms with Gasteiger partial charge in [-0.2, -0.15) is 0 Å². The average molecular weight is 396 g/mol. The molecule has 0 aliphatic carbocycles. The van der Waals surface area contributed by atoms with Gasteiger partial charge in [0.1, 0.15) is 6.61 Å². The van der Waals surface area contributed by atoms with Crippen LogP contribution >= 0.6 is 38.5 Å². The zero-order chi connectivity index (χ0) is 11.7. The van der Waals surface area contributed by atoms with Crippen molar-refractivity contribution in [1.82, 2.24) is 0 Å². The molecular weight excluding hydrogens is 385 g/mol. The first kappa shape index (κ1) is 12.3. The van der Waals surface area contributed by atoms with Crippen LogP contribution in [0.4, 0.5) is 5.69 Å². The Morgan fingerprint density at radius 1 is 1.50 bits per heavy atom. The highest BCUT2D eigenvalue weighted by Gasteiger charge is 2.22. The van der Waals surface area contributed by atoms with Crippen LogP contribution in [0.25, 0.3) is 0 Å². The Kier molecular flexibility index (Phi) is 3.86. The van der Waals surface area contributed by atoms with Crippen molar-refractivity contribution < 1.29 is 9.53 Å². The number of hydrogen-bond acceptors (Lipinski definition) is 2. The third kappa shape index (κ3) is 2.41. The van der Waals surface area contributed by atoms with Gasteiger partial charge in [0, 0.05) is 20.3 Å². The molecule has 0 bridgehead atoms. The van der Waals surface area contributed by atoms with E-state index in [4.69, 9.17) is 4.74 Å². The maximum absolute atomic E-state index is 11.8. The van der Waals surface area contributed by atoms with E-state index in [9.17, 15) is 4.79 Å². The quantitative estimate of drug-likeness (QED) is 0.684. The summed E-state index contributed by atoms with van der Waals surface area (Å²) in [6, 6.07) is 4.03. The lowest BCUT2D eigenvalue weighted by Gasteiger charge is -2.28. The van der Waals surface area contributed by atoms with Crippen LogP contribution in [0.2, 0.25) is 0 Å². The third-order valence-electron chi connectivity index (χ3n) is 2.56. The van der Waals surface area contributed by atoms with Gasteiger partial charge >= 0.3 is 0 Å². The first-order chi connectivity index (χ1) is 7.59. The van der Waals surface area contributed by atoms with Crippen molar-refractivity contribution in [3.63, 3.8) is 0 Å². The lowest BCUT2D eigenvalue weighted by atomic mass is 10.1. The molecule has 1 saturated heterocycles. The molecule has 86 valence electrons. The van der Waals surface area contributed by atoms with Crippen molar-refractivity contribution in [3.05, 3.63) is 25.7 Å². The van der Waals surface area contributed by atoms with Crippen LogP contribution in [0.3, 0.4) is 0 Å². The number of hydrogen-bond donors (Lipinski definition) is 0. The molecule has 0 saturated carbocycles. The van der Waals surface area contributed by atoms with Gasteiger partial charge in [-0.25, -0.2) is 0 Å². The number of carbonyl (C=O) groups is 1. The molecule has 1 aromatic carbocycles. The highest BCUT2D eigenvalue weighted by atomic mass is 127. The highest BCUT2D eigenvalue weighted by Crippen LogP contribution is 2.29. The van der Waals surface area contributed by atoms with Gasteiger partial charge in [0.25, 0.3) is 5.91 Å². The minimum absolute atomic E-state index is 0.0308. The smallest absolute Gasteiger partial charge is 0.253 e. The minimum Gasteiger partial charge on any atom is -0.370 e. The van der Waals surface area contributed by atoms with E-state index in [0.29, 0.717) is 13.2 Å². The van der Waals surface area contributed by atoms with E-state index in [1.165, 1.54) is 0 Å². The molecule has 16 heavy (non-hydrogen) atoms. The summed E-state index contributed by atoms with van der Waals surface area (Å²) in [5.74, 6) is 0.0308. The van der Waals surface area contributed by atoms with Crippen LogP contribution in [-0.4, -0.2) is 25.7 Å². The average Bonchev–Trinajstić information content (AvgIpc) is 2.24. The topological polar surface area (TPSA) is 29.5 Å². The summed E-state index contributed by atoms with van der Waals surface area (Å²) in [6.45, 7) is 3.45. The SMILES string of the molecule is Cc1c(I)cc(Br)cc1N1CCOCC1=O. The van der Waals surface area contributed by atoms with Gasteiger partial charge in [-0.1, -0.05) is 15.9 Å². The van der Waals surface area contributed by atoms with Gasteiger partial charge in [-0.3, -0.25) is 4.79 Å². The van der Waals surface area contributed by atoms with Crippen LogP contribution in [0, 0.1) is 10.5 Å². The van der Waals surface area contributed by atoms with Gasteiger partial charge in [0.05, 0.1) is 6.61 Å². The second kappa shape index (κ2) is 5.01. The molecule has 1 aliphatic heterocycles. The number of ether oxygens (including phenoxy) is 1. The molecule has 0 N–H and O–H groups in total. The van der Waals surface area contributed by atoms with Crippen LogP contribution in [0.1, 0.15) is 5.56 Å². The molecule has 1 aliphatic rings. The zero-order valence-corrected chi connectivity index (χ0v) is 12.5. The predicted octanol–water partition coefficient (Wildman–Crippen LogP) is 2.73. The highest BCUT2D eigenvalue weighted by molar-refractivity contribution is 14.1. The minimum atomic E-state index is 0.0308. The number of morpholine rings is 1. The fourth-order valence-electron chi connectivity index (χ4n) is 1.69. The number of anilines is 1.